The molecule has 0 fully saturated rings. The first-order valence-electron chi connectivity index (χ1n) is 9.10. The summed E-state index contributed by atoms with van der Waals surface area (Å²) >= 11 is 1.51. The number of rotatable bonds is 8. The maximum Gasteiger partial charge on any atom is 0.295 e. The van der Waals surface area contributed by atoms with Gasteiger partial charge in [-0.3, -0.25) is 9.69 Å². The molecule has 0 saturated carbocycles. The summed E-state index contributed by atoms with van der Waals surface area (Å²) in [7, 11) is 1.63. The molecule has 0 aliphatic heterocycles. The third-order valence-electron chi connectivity index (χ3n) is 4.65. The molecule has 1 amide bonds. The van der Waals surface area contributed by atoms with Crippen LogP contribution in [-0.2, 0) is 0 Å². The Kier molecular flexibility index (Phi) is 7.86. The second-order valence-electron chi connectivity index (χ2n) is 6.22. The Morgan fingerprint density at radius 3 is 2.57 bits per heavy atom. The van der Waals surface area contributed by atoms with Crippen molar-refractivity contribution in [3.05, 3.63) is 41.9 Å². The summed E-state index contributed by atoms with van der Waals surface area (Å²) in [6.07, 6.45) is 1.52. The van der Waals surface area contributed by atoms with Crippen LogP contribution in [0.2, 0.25) is 0 Å². The molecule has 0 atom stereocenters. The zero-order chi connectivity index (χ0) is 19.4. The lowest BCUT2D eigenvalue weighted by Gasteiger charge is -2.24. The highest BCUT2D eigenvalue weighted by Crippen LogP contribution is 2.36. The molecule has 2 heterocycles. The lowest BCUT2D eigenvalue weighted by atomic mass is 10.2. The van der Waals surface area contributed by atoms with E-state index in [1.807, 2.05) is 19.1 Å². The first kappa shape index (κ1) is 22.2. The van der Waals surface area contributed by atoms with Gasteiger partial charge >= 0.3 is 0 Å². The molecule has 1 aromatic carbocycles. The van der Waals surface area contributed by atoms with Gasteiger partial charge in [0.2, 0.25) is 0 Å². The minimum Gasteiger partial charge on any atom is -0.494 e. The minimum atomic E-state index is -0.178. The number of nitrogens with zero attached hydrogens (tertiary/aromatic N) is 3. The van der Waals surface area contributed by atoms with Gasteiger partial charge in [0, 0.05) is 13.1 Å². The number of fused-ring (bicyclic) bond motifs is 1. The number of likely N-dealkylation sites (N-methyl/N-ethyl adjacent to an activating group) is 1. The molecule has 0 bridgehead atoms. The Morgan fingerprint density at radius 1 is 1.21 bits per heavy atom. The lowest BCUT2D eigenvalue weighted by molar-refractivity contribution is 0.0957. The number of thiazole rings is 1. The molecule has 0 aliphatic carbocycles. The van der Waals surface area contributed by atoms with Crippen LogP contribution in [0.5, 0.6) is 5.75 Å². The zero-order valence-electron chi connectivity index (χ0n) is 16.6. The number of furan rings is 1. The lowest BCUT2D eigenvalue weighted by Crippen LogP contribution is -2.38. The number of carbonyl (C=O) groups is 1. The van der Waals surface area contributed by atoms with E-state index < -0.39 is 0 Å². The van der Waals surface area contributed by atoms with Crippen LogP contribution in [0.15, 0.2) is 34.9 Å². The van der Waals surface area contributed by atoms with E-state index >= 15 is 0 Å². The number of benzene rings is 1. The van der Waals surface area contributed by atoms with Crippen molar-refractivity contribution in [3.63, 3.8) is 0 Å². The van der Waals surface area contributed by atoms with Crippen LogP contribution in [0.1, 0.15) is 30.0 Å². The Labute approximate surface area is 175 Å². The third kappa shape index (κ3) is 4.48. The molecular weight excluding hydrogens is 398 g/mol. The van der Waals surface area contributed by atoms with Gasteiger partial charge in [-0.25, -0.2) is 4.98 Å². The number of anilines is 1. The molecule has 0 aliphatic rings. The van der Waals surface area contributed by atoms with Crippen molar-refractivity contribution >= 4 is 45.0 Å². The van der Waals surface area contributed by atoms with Crippen LogP contribution in [0.25, 0.3) is 10.2 Å². The van der Waals surface area contributed by atoms with Crippen molar-refractivity contribution in [3.8, 4) is 5.75 Å². The van der Waals surface area contributed by atoms with Crippen molar-refractivity contribution in [2.45, 2.75) is 20.8 Å². The van der Waals surface area contributed by atoms with Gasteiger partial charge in [-0.1, -0.05) is 31.3 Å². The zero-order valence-corrected chi connectivity index (χ0v) is 18.2. The van der Waals surface area contributed by atoms with E-state index in [9.17, 15) is 4.79 Å². The van der Waals surface area contributed by atoms with Crippen LogP contribution >= 0.6 is 23.7 Å². The molecule has 0 N–H and O–H groups in total. The smallest absolute Gasteiger partial charge is 0.295 e. The van der Waals surface area contributed by atoms with Crippen molar-refractivity contribution in [2.75, 3.05) is 38.2 Å². The van der Waals surface area contributed by atoms with E-state index in [1.54, 1.807) is 24.1 Å². The van der Waals surface area contributed by atoms with Crippen LogP contribution in [0.4, 0.5) is 5.13 Å². The molecule has 0 unspecified atom stereocenters. The predicted octanol–water partition coefficient (Wildman–Crippen LogP) is 4.62. The summed E-state index contributed by atoms with van der Waals surface area (Å²) in [4.78, 5) is 21.8. The van der Waals surface area contributed by atoms with Gasteiger partial charge in [-0.2, -0.15) is 0 Å². The minimum absolute atomic E-state index is 0. The second-order valence-corrected chi connectivity index (χ2v) is 7.20. The van der Waals surface area contributed by atoms with Gasteiger partial charge in [0.05, 0.1) is 18.1 Å². The van der Waals surface area contributed by atoms with E-state index in [4.69, 9.17) is 14.1 Å². The van der Waals surface area contributed by atoms with Gasteiger partial charge in [0.1, 0.15) is 11.3 Å². The molecule has 28 heavy (non-hydrogen) atoms. The fourth-order valence-corrected chi connectivity index (χ4v) is 4.05. The Balaban J connectivity index is 0.00000280. The molecule has 2 aromatic heterocycles. The summed E-state index contributed by atoms with van der Waals surface area (Å²) in [5.41, 5.74) is 1.90. The van der Waals surface area contributed by atoms with Gasteiger partial charge in [0.15, 0.2) is 10.9 Å². The number of amides is 1. The number of hydrogen-bond acceptors (Lipinski definition) is 6. The summed E-state index contributed by atoms with van der Waals surface area (Å²) < 4.78 is 11.8. The van der Waals surface area contributed by atoms with Crippen molar-refractivity contribution < 1.29 is 13.9 Å². The van der Waals surface area contributed by atoms with Crippen molar-refractivity contribution in [1.82, 2.24) is 9.88 Å². The maximum atomic E-state index is 13.1. The molecule has 0 radical (unpaired) electrons. The van der Waals surface area contributed by atoms with Crippen molar-refractivity contribution in [1.29, 1.82) is 0 Å². The first-order chi connectivity index (χ1) is 13.1. The van der Waals surface area contributed by atoms with E-state index in [0.29, 0.717) is 23.2 Å². The van der Waals surface area contributed by atoms with Crippen LogP contribution in [0, 0.1) is 6.92 Å². The number of ether oxygens (including phenoxy) is 1. The fraction of sp³-hybridized carbons (Fsp3) is 0.400. The Morgan fingerprint density at radius 2 is 1.96 bits per heavy atom. The molecule has 3 aromatic rings. The first-order valence-corrected chi connectivity index (χ1v) is 9.92. The number of carbonyl (C=O) groups excluding carboxylic acids is 1. The standard InChI is InChI=1S/C20H25N3O3S.ClH/c1-5-22(6-2)11-12-23(19(24)16-8-7-13-26-16)20-21-17-15(25-4)10-9-14(3)18(17)27-20;/h7-10,13H,5-6,11-12H2,1-4H3;1H. The fourth-order valence-electron chi connectivity index (χ4n) is 2.98. The number of aromatic nitrogens is 1. The third-order valence-corrected chi connectivity index (χ3v) is 5.87. The van der Waals surface area contributed by atoms with E-state index in [1.165, 1.54) is 17.6 Å². The quantitative estimate of drug-likeness (QED) is 0.529. The monoisotopic (exact) mass is 423 g/mol. The van der Waals surface area contributed by atoms with Crippen molar-refractivity contribution in [2.24, 2.45) is 0 Å². The Bertz CT molecular complexity index is 907. The number of hydrogen-bond donors (Lipinski definition) is 0. The van der Waals surface area contributed by atoms with Gasteiger partial charge in [-0.05, 0) is 43.8 Å². The molecule has 8 heteroatoms. The van der Waals surface area contributed by atoms with Gasteiger partial charge < -0.3 is 14.1 Å². The van der Waals surface area contributed by atoms with E-state index in [2.05, 4.69) is 18.7 Å². The molecule has 6 nitrogen and oxygen atoms in total. The normalized spacial score (nSPS) is 10.9. The highest BCUT2D eigenvalue weighted by Gasteiger charge is 2.24. The van der Waals surface area contributed by atoms with Crippen LogP contribution < -0.4 is 9.64 Å². The second kappa shape index (κ2) is 9.91. The van der Waals surface area contributed by atoms with E-state index in [-0.39, 0.29) is 18.3 Å². The Hall–Kier alpha value is -2.09. The average molecular weight is 424 g/mol. The molecule has 0 saturated heterocycles. The van der Waals surface area contributed by atoms with E-state index in [0.717, 1.165) is 35.4 Å². The largest absolute Gasteiger partial charge is 0.494 e. The molecule has 3 rings (SSSR count). The summed E-state index contributed by atoms with van der Waals surface area (Å²) in [6, 6.07) is 7.33. The topological polar surface area (TPSA) is 58.8 Å². The number of aryl methyl sites for hydroxylation is 1. The average Bonchev–Trinajstić information content (AvgIpc) is 3.36. The summed E-state index contributed by atoms with van der Waals surface area (Å²) in [5, 5.41) is 0.658. The highest BCUT2D eigenvalue weighted by molar-refractivity contribution is 7.22. The SMILES string of the molecule is CCN(CC)CCN(C(=O)c1ccco1)c1nc2c(OC)ccc(C)c2s1.Cl. The van der Waals surface area contributed by atoms with Crippen LogP contribution in [-0.4, -0.2) is 49.1 Å². The van der Waals surface area contributed by atoms with Gasteiger partial charge in [-0.15, -0.1) is 12.4 Å². The number of halogens is 1. The molecule has 152 valence electrons. The summed E-state index contributed by atoms with van der Waals surface area (Å²) in [6.45, 7) is 9.46. The van der Waals surface area contributed by atoms with Gasteiger partial charge in [0.25, 0.3) is 5.91 Å². The predicted molar refractivity (Wildman–Crippen MR) is 116 cm³/mol. The molecular formula is C20H26ClN3O3S. The maximum absolute atomic E-state index is 13.1. The highest BCUT2D eigenvalue weighted by atomic mass is 35.5. The summed E-state index contributed by atoms with van der Waals surface area (Å²) in [5.74, 6) is 0.854. The number of methoxy groups -OCH3 is 1. The van der Waals surface area contributed by atoms with Crippen LogP contribution in [0.3, 0.4) is 0 Å². The molecule has 0 spiro atoms.